The van der Waals surface area contributed by atoms with Crippen molar-refractivity contribution in [2.24, 2.45) is 0 Å². The number of hydrogen-bond donors (Lipinski definition) is 1. The van der Waals surface area contributed by atoms with Gasteiger partial charge in [-0.05, 0) is 33.6 Å². The molecule has 3 unspecified atom stereocenters. The number of rotatable bonds is 2. The third-order valence-electron chi connectivity index (χ3n) is 4.01. The molecule has 16 heavy (non-hydrogen) atoms. The molecule has 0 aromatic carbocycles. The molecular formula is C13H26N2O. The second-order valence-corrected chi connectivity index (χ2v) is 6.03. The van der Waals surface area contributed by atoms with E-state index in [1.54, 1.807) is 0 Å². The highest BCUT2D eigenvalue weighted by Crippen LogP contribution is 2.26. The average Bonchev–Trinajstić information content (AvgIpc) is 2.59. The van der Waals surface area contributed by atoms with Crippen molar-refractivity contribution in [2.45, 2.75) is 64.3 Å². The van der Waals surface area contributed by atoms with Gasteiger partial charge in [-0.3, -0.25) is 4.90 Å². The van der Waals surface area contributed by atoms with Crippen LogP contribution in [0.4, 0.5) is 0 Å². The predicted molar refractivity (Wildman–Crippen MR) is 66.7 cm³/mol. The molecule has 3 nitrogen and oxygen atoms in total. The first kappa shape index (κ1) is 12.3. The Balaban J connectivity index is 2.00. The van der Waals surface area contributed by atoms with Gasteiger partial charge in [0.25, 0.3) is 0 Å². The minimum Gasteiger partial charge on any atom is -0.376 e. The van der Waals surface area contributed by atoms with Crippen molar-refractivity contribution < 1.29 is 4.74 Å². The van der Waals surface area contributed by atoms with Crippen LogP contribution in [0, 0.1) is 0 Å². The van der Waals surface area contributed by atoms with E-state index in [9.17, 15) is 0 Å². The molecule has 0 radical (unpaired) electrons. The molecule has 0 aliphatic carbocycles. The molecule has 2 aliphatic heterocycles. The molecule has 2 saturated heterocycles. The van der Waals surface area contributed by atoms with E-state index in [2.05, 4.69) is 37.9 Å². The van der Waals surface area contributed by atoms with Gasteiger partial charge in [0.1, 0.15) is 0 Å². The maximum Gasteiger partial charge on any atom is 0.0674 e. The summed E-state index contributed by atoms with van der Waals surface area (Å²) in [4.78, 5) is 2.68. The lowest BCUT2D eigenvalue weighted by Gasteiger charge is -2.42. The second-order valence-electron chi connectivity index (χ2n) is 6.03. The van der Waals surface area contributed by atoms with E-state index in [1.807, 2.05) is 0 Å². The highest BCUT2D eigenvalue weighted by atomic mass is 16.5. The van der Waals surface area contributed by atoms with Gasteiger partial charge in [-0.25, -0.2) is 0 Å². The van der Waals surface area contributed by atoms with Crippen LogP contribution in [0.2, 0.25) is 0 Å². The second kappa shape index (κ2) is 4.63. The molecule has 0 aromatic heterocycles. The third-order valence-corrected chi connectivity index (χ3v) is 4.01. The molecule has 94 valence electrons. The molecule has 3 atom stereocenters. The summed E-state index contributed by atoms with van der Waals surface area (Å²) in [6.45, 7) is 12.2. The van der Waals surface area contributed by atoms with Crippen LogP contribution in [0.1, 0.15) is 40.5 Å². The van der Waals surface area contributed by atoms with Crippen molar-refractivity contribution in [1.82, 2.24) is 10.2 Å². The van der Waals surface area contributed by atoms with Gasteiger partial charge in [0, 0.05) is 30.7 Å². The average molecular weight is 226 g/mol. The summed E-state index contributed by atoms with van der Waals surface area (Å²) >= 11 is 0. The first-order chi connectivity index (χ1) is 7.52. The van der Waals surface area contributed by atoms with Crippen LogP contribution >= 0.6 is 0 Å². The minimum atomic E-state index is 0.310. The summed E-state index contributed by atoms with van der Waals surface area (Å²) in [6, 6.07) is 1.32. The molecule has 3 heteroatoms. The molecule has 0 spiro atoms. The molecule has 2 fully saturated rings. The van der Waals surface area contributed by atoms with E-state index >= 15 is 0 Å². The molecule has 0 saturated carbocycles. The molecule has 0 bridgehead atoms. The smallest absolute Gasteiger partial charge is 0.0674 e. The first-order valence-corrected chi connectivity index (χ1v) is 6.64. The Bertz CT molecular complexity index is 242. The van der Waals surface area contributed by atoms with Gasteiger partial charge in [0.15, 0.2) is 0 Å². The van der Waals surface area contributed by atoms with E-state index in [0.29, 0.717) is 23.7 Å². The lowest BCUT2D eigenvalue weighted by Crippen LogP contribution is -2.53. The van der Waals surface area contributed by atoms with Gasteiger partial charge in [-0.2, -0.15) is 0 Å². The number of nitrogens with zero attached hydrogens (tertiary/aromatic N) is 1. The molecule has 1 N–H and O–H groups in total. The maximum absolute atomic E-state index is 5.76. The normalized spacial score (nSPS) is 40.1. The van der Waals surface area contributed by atoms with E-state index < -0.39 is 0 Å². The fourth-order valence-electron chi connectivity index (χ4n) is 3.03. The van der Waals surface area contributed by atoms with Crippen LogP contribution in [-0.2, 0) is 4.74 Å². The first-order valence-electron chi connectivity index (χ1n) is 6.64. The Morgan fingerprint density at radius 3 is 2.75 bits per heavy atom. The molecular weight excluding hydrogens is 200 g/mol. The van der Waals surface area contributed by atoms with Crippen molar-refractivity contribution >= 4 is 0 Å². The largest absolute Gasteiger partial charge is 0.376 e. The Morgan fingerprint density at radius 2 is 2.19 bits per heavy atom. The Labute approximate surface area is 99.5 Å². The molecule has 2 rings (SSSR count). The van der Waals surface area contributed by atoms with Crippen molar-refractivity contribution in [3.8, 4) is 0 Å². The zero-order valence-electron chi connectivity index (χ0n) is 11.1. The summed E-state index contributed by atoms with van der Waals surface area (Å²) in [5.74, 6) is 0. The highest BCUT2D eigenvalue weighted by Gasteiger charge is 2.38. The Morgan fingerprint density at radius 1 is 1.44 bits per heavy atom. The summed E-state index contributed by atoms with van der Waals surface area (Å²) in [6.07, 6.45) is 2.85. The molecule has 0 amide bonds. The van der Waals surface area contributed by atoms with Crippen LogP contribution < -0.4 is 5.32 Å². The van der Waals surface area contributed by atoms with Gasteiger partial charge >= 0.3 is 0 Å². The number of nitrogens with one attached hydrogen (secondary N) is 1. The van der Waals surface area contributed by atoms with Gasteiger partial charge < -0.3 is 10.1 Å². The SMILES string of the molecule is CCC1COC(C)CN1C1CNC(C)(C)C1. The lowest BCUT2D eigenvalue weighted by molar-refractivity contribution is -0.0702. The van der Waals surface area contributed by atoms with E-state index in [0.717, 1.165) is 19.7 Å². The summed E-state index contributed by atoms with van der Waals surface area (Å²) in [5, 5.41) is 3.62. The van der Waals surface area contributed by atoms with Crippen LogP contribution in [0.25, 0.3) is 0 Å². The summed E-state index contributed by atoms with van der Waals surface area (Å²) in [5.41, 5.74) is 0.310. The van der Waals surface area contributed by atoms with Crippen molar-refractivity contribution in [1.29, 1.82) is 0 Å². The van der Waals surface area contributed by atoms with Crippen LogP contribution in [0.5, 0.6) is 0 Å². The lowest BCUT2D eigenvalue weighted by atomic mass is 9.98. The van der Waals surface area contributed by atoms with Crippen molar-refractivity contribution in [3.05, 3.63) is 0 Å². The topological polar surface area (TPSA) is 24.5 Å². The minimum absolute atomic E-state index is 0.310. The van der Waals surface area contributed by atoms with Crippen LogP contribution in [0.3, 0.4) is 0 Å². The van der Waals surface area contributed by atoms with Gasteiger partial charge in [0.2, 0.25) is 0 Å². The fraction of sp³-hybridized carbons (Fsp3) is 1.00. The zero-order valence-corrected chi connectivity index (χ0v) is 11.1. The monoisotopic (exact) mass is 226 g/mol. The number of morpholine rings is 1. The van der Waals surface area contributed by atoms with Gasteiger partial charge in [-0.15, -0.1) is 0 Å². The number of hydrogen-bond acceptors (Lipinski definition) is 3. The van der Waals surface area contributed by atoms with E-state index in [1.165, 1.54) is 12.8 Å². The third kappa shape index (κ3) is 2.58. The highest BCUT2D eigenvalue weighted by molar-refractivity contribution is 4.97. The van der Waals surface area contributed by atoms with Crippen LogP contribution in [0.15, 0.2) is 0 Å². The van der Waals surface area contributed by atoms with Crippen LogP contribution in [-0.4, -0.2) is 48.3 Å². The predicted octanol–water partition coefficient (Wildman–Crippen LogP) is 1.63. The quantitative estimate of drug-likeness (QED) is 0.774. The molecule has 2 heterocycles. The molecule has 2 aliphatic rings. The van der Waals surface area contributed by atoms with Gasteiger partial charge in [-0.1, -0.05) is 6.92 Å². The zero-order chi connectivity index (χ0) is 11.8. The van der Waals surface area contributed by atoms with E-state index in [-0.39, 0.29) is 0 Å². The van der Waals surface area contributed by atoms with E-state index in [4.69, 9.17) is 4.74 Å². The number of ether oxygens (including phenoxy) is 1. The van der Waals surface area contributed by atoms with Crippen molar-refractivity contribution in [3.63, 3.8) is 0 Å². The molecule has 0 aromatic rings. The van der Waals surface area contributed by atoms with Gasteiger partial charge in [0.05, 0.1) is 12.7 Å². The fourth-order valence-corrected chi connectivity index (χ4v) is 3.03. The summed E-state index contributed by atoms with van der Waals surface area (Å²) in [7, 11) is 0. The maximum atomic E-state index is 5.76. The van der Waals surface area contributed by atoms with Crippen molar-refractivity contribution in [2.75, 3.05) is 19.7 Å². The Kier molecular flexibility index (Phi) is 3.57. The standard InChI is InChI=1S/C13H26N2O/c1-5-11-9-16-10(2)8-15(11)12-6-13(3,4)14-7-12/h10-12,14H,5-9H2,1-4H3. The Hall–Kier alpha value is -0.120. The summed E-state index contributed by atoms with van der Waals surface area (Å²) < 4.78 is 5.76.